The average molecular weight is 248 g/mol. The lowest BCUT2D eigenvalue weighted by molar-refractivity contribution is -0.234. The summed E-state index contributed by atoms with van der Waals surface area (Å²) in [6, 6.07) is 0. The van der Waals surface area contributed by atoms with Gasteiger partial charge in [0, 0.05) is 14.2 Å². The van der Waals surface area contributed by atoms with Gasteiger partial charge < -0.3 is 28.4 Å². The van der Waals surface area contributed by atoms with E-state index in [0.29, 0.717) is 6.61 Å². The van der Waals surface area contributed by atoms with Gasteiger partial charge in [0.2, 0.25) is 0 Å². The molecule has 6 nitrogen and oxygen atoms in total. The Hall–Kier alpha value is -0.240. The molecule has 0 aliphatic carbocycles. The Labute approximate surface area is 101 Å². The minimum atomic E-state index is -0.602. The third kappa shape index (κ3) is 2.78. The second-order valence-corrected chi connectivity index (χ2v) is 4.62. The third-order valence-electron chi connectivity index (χ3n) is 2.82. The Kier molecular flexibility index (Phi) is 4.02. The highest BCUT2D eigenvalue weighted by Gasteiger charge is 2.55. The van der Waals surface area contributed by atoms with Crippen molar-refractivity contribution in [3.8, 4) is 0 Å². The lowest BCUT2D eigenvalue weighted by Gasteiger charge is -2.23. The van der Waals surface area contributed by atoms with E-state index in [0.717, 1.165) is 0 Å². The van der Waals surface area contributed by atoms with Gasteiger partial charge in [-0.2, -0.15) is 0 Å². The van der Waals surface area contributed by atoms with Crippen molar-refractivity contribution >= 4 is 0 Å². The predicted octanol–water partition coefficient (Wildman–Crippen LogP) is 0.498. The molecule has 17 heavy (non-hydrogen) atoms. The first-order valence-electron chi connectivity index (χ1n) is 5.68. The summed E-state index contributed by atoms with van der Waals surface area (Å²) in [5.74, 6) is -0.602. The third-order valence-corrected chi connectivity index (χ3v) is 2.82. The first-order valence-corrected chi connectivity index (χ1v) is 5.68. The number of hydrogen-bond acceptors (Lipinski definition) is 6. The number of hydrogen-bond donors (Lipinski definition) is 0. The van der Waals surface area contributed by atoms with Gasteiger partial charge in [0.1, 0.15) is 25.1 Å². The summed E-state index contributed by atoms with van der Waals surface area (Å²) < 4.78 is 32.6. The van der Waals surface area contributed by atoms with Crippen LogP contribution in [-0.2, 0) is 28.4 Å². The second-order valence-electron chi connectivity index (χ2n) is 4.62. The van der Waals surface area contributed by atoms with Crippen molar-refractivity contribution < 1.29 is 28.4 Å². The molecular weight excluding hydrogens is 228 g/mol. The minimum Gasteiger partial charge on any atom is -0.359 e. The molecule has 2 aliphatic heterocycles. The smallest absolute Gasteiger partial charge is 0.186 e. The van der Waals surface area contributed by atoms with Crippen molar-refractivity contribution in [1.82, 2.24) is 0 Å². The van der Waals surface area contributed by atoms with Gasteiger partial charge in [0.25, 0.3) is 0 Å². The maximum atomic E-state index is 5.80. The van der Waals surface area contributed by atoms with Crippen molar-refractivity contribution in [2.75, 3.05) is 27.6 Å². The normalized spacial score (nSPS) is 39.5. The molecule has 0 radical (unpaired) electrons. The lowest BCUT2D eigenvalue weighted by atomic mass is 10.1. The molecule has 2 saturated heterocycles. The highest BCUT2D eigenvalue weighted by atomic mass is 16.8. The SMILES string of the molecule is COCOC[C@H]1O[C@H](OC)[C@@H]2OC(C)(C)O[C@@H]21. The molecule has 2 fully saturated rings. The maximum Gasteiger partial charge on any atom is 0.186 e. The van der Waals surface area contributed by atoms with Crippen LogP contribution in [0.25, 0.3) is 0 Å². The molecule has 2 aliphatic rings. The topological polar surface area (TPSA) is 55.4 Å². The summed E-state index contributed by atoms with van der Waals surface area (Å²) in [7, 11) is 3.17. The van der Waals surface area contributed by atoms with Crippen molar-refractivity contribution in [2.24, 2.45) is 0 Å². The Bertz CT molecular complexity index is 256. The Morgan fingerprint density at radius 3 is 2.47 bits per heavy atom. The van der Waals surface area contributed by atoms with E-state index in [9.17, 15) is 0 Å². The van der Waals surface area contributed by atoms with E-state index in [2.05, 4.69) is 0 Å². The van der Waals surface area contributed by atoms with Crippen LogP contribution in [0, 0.1) is 0 Å². The van der Waals surface area contributed by atoms with Gasteiger partial charge in [0.15, 0.2) is 12.1 Å². The quantitative estimate of drug-likeness (QED) is 0.521. The summed E-state index contributed by atoms with van der Waals surface area (Å²) in [4.78, 5) is 0. The van der Waals surface area contributed by atoms with Gasteiger partial charge >= 0.3 is 0 Å². The number of methoxy groups -OCH3 is 2. The zero-order valence-corrected chi connectivity index (χ0v) is 10.7. The second kappa shape index (κ2) is 5.17. The minimum absolute atomic E-state index is 0.160. The van der Waals surface area contributed by atoms with Crippen molar-refractivity contribution in [2.45, 2.75) is 44.2 Å². The summed E-state index contributed by atoms with van der Waals surface area (Å²) in [5, 5.41) is 0. The lowest BCUT2D eigenvalue weighted by Crippen LogP contribution is -2.33. The van der Waals surface area contributed by atoms with Crippen LogP contribution < -0.4 is 0 Å². The standard InChI is InChI=1S/C11H20O6/c1-11(2)16-8-7(5-14-6-12-3)15-10(13-4)9(8)17-11/h7-10H,5-6H2,1-4H3/t7-,8-,9-,10+/m1/s1. The molecule has 4 atom stereocenters. The van der Waals surface area contributed by atoms with Crippen LogP contribution in [-0.4, -0.2) is 58.0 Å². The zero-order valence-electron chi connectivity index (χ0n) is 10.7. The van der Waals surface area contributed by atoms with Crippen molar-refractivity contribution in [1.29, 1.82) is 0 Å². The number of ether oxygens (including phenoxy) is 6. The first-order chi connectivity index (χ1) is 8.07. The van der Waals surface area contributed by atoms with Crippen LogP contribution in [0.5, 0.6) is 0 Å². The molecule has 2 rings (SSSR count). The van der Waals surface area contributed by atoms with Crippen LogP contribution in [0.2, 0.25) is 0 Å². The van der Waals surface area contributed by atoms with E-state index in [4.69, 9.17) is 28.4 Å². The molecule has 6 heteroatoms. The van der Waals surface area contributed by atoms with Gasteiger partial charge in [-0.25, -0.2) is 0 Å². The van der Waals surface area contributed by atoms with Crippen LogP contribution in [0.15, 0.2) is 0 Å². The number of rotatable bonds is 5. The molecule has 0 aromatic heterocycles. The van der Waals surface area contributed by atoms with Gasteiger partial charge in [0.05, 0.1) is 6.61 Å². The maximum absolute atomic E-state index is 5.80. The average Bonchev–Trinajstić information content (AvgIpc) is 2.73. The summed E-state index contributed by atoms with van der Waals surface area (Å²) in [6.45, 7) is 4.39. The molecule has 0 spiro atoms. The molecule has 0 bridgehead atoms. The summed E-state index contributed by atoms with van der Waals surface area (Å²) in [5.41, 5.74) is 0. The Balaban J connectivity index is 1.95. The summed E-state index contributed by atoms with van der Waals surface area (Å²) in [6.07, 6.45) is -0.960. The van der Waals surface area contributed by atoms with E-state index < -0.39 is 12.1 Å². The molecular formula is C11H20O6. The monoisotopic (exact) mass is 248 g/mol. The van der Waals surface area contributed by atoms with Gasteiger partial charge in [-0.15, -0.1) is 0 Å². The largest absolute Gasteiger partial charge is 0.359 e. The highest BCUT2D eigenvalue weighted by molar-refractivity contribution is 4.94. The molecule has 0 N–H and O–H groups in total. The van der Waals surface area contributed by atoms with E-state index in [1.165, 1.54) is 0 Å². The molecule has 0 aromatic rings. The molecule has 0 unspecified atom stereocenters. The van der Waals surface area contributed by atoms with Crippen LogP contribution in [0.1, 0.15) is 13.8 Å². The Morgan fingerprint density at radius 2 is 1.82 bits per heavy atom. The van der Waals surface area contributed by atoms with E-state index in [1.54, 1.807) is 14.2 Å². The molecule has 2 heterocycles. The number of fused-ring (bicyclic) bond motifs is 1. The van der Waals surface area contributed by atoms with E-state index in [1.807, 2.05) is 13.8 Å². The van der Waals surface area contributed by atoms with E-state index >= 15 is 0 Å². The fourth-order valence-electron chi connectivity index (χ4n) is 2.21. The van der Waals surface area contributed by atoms with E-state index in [-0.39, 0.29) is 25.1 Å². The van der Waals surface area contributed by atoms with Gasteiger partial charge in [-0.1, -0.05) is 0 Å². The fraction of sp³-hybridized carbons (Fsp3) is 1.00. The van der Waals surface area contributed by atoms with Gasteiger partial charge in [-0.05, 0) is 13.8 Å². The van der Waals surface area contributed by atoms with Crippen LogP contribution in [0.4, 0.5) is 0 Å². The van der Waals surface area contributed by atoms with Crippen molar-refractivity contribution in [3.05, 3.63) is 0 Å². The predicted molar refractivity (Wildman–Crippen MR) is 57.3 cm³/mol. The highest BCUT2D eigenvalue weighted by Crippen LogP contribution is 2.38. The molecule has 0 aromatic carbocycles. The summed E-state index contributed by atoms with van der Waals surface area (Å²) >= 11 is 0. The van der Waals surface area contributed by atoms with Crippen LogP contribution in [0.3, 0.4) is 0 Å². The van der Waals surface area contributed by atoms with Gasteiger partial charge in [-0.3, -0.25) is 0 Å². The fourth-order valence-corrected chi connectivity index (χ4v) is 2.21. The zero-order chi connectivity index (χ0) is 12.5. The molecule has 0 amide bonds. The first kappa shape index (κ1) is 13.2. The van der Waals surface area contributed by atoms with Crippen LogP contribution >= 0.6 is 0 Å². The van der Waals surface area contributed by atoms with Crippen molar-refractivity contribution in [3.63, 3.8) is 0 Å². The Morgan fingerprint density at radius 1 is 1.12 bits per heavy atom. The molecule has 0 saturated carbocycles. The molecule has 100 valence electrons.